The molecule has 1 aromatic heterocycles. The number of carbonyl (C=O) groups is 1. The molecule has 0 saturated heterocycles. The van der Waals surface area contributed by atoms with Crippen molar-refractivity contribution in [1.29, 1.82) is 0 Å². The molecule has 5 nitrogen and oxygen atoms in total. The average Bonchev–Trinajstić information content (AvgIpc) is 2.81. The Morgan fingerprint density at radius 2 is 2.05 bits per heavy atom. The summed E-state index contributed by atoms with van der Waals surface area (Å²) in [6.07, 6.45) is 0. The van der Waals surface area contributed by atoms with E-state index in [1.807, 2.05) is 0 Å². The van der Waals surface area contributed by atoms with E-state index >= 15 is 0 Å². The minimum Gasteiger partial charge on any atom is -0.486 e. The molecule has 0 radical (unpaired) electrons. The van der Waals surface area contributed by atoms with Gasteiger partial charge in [-0.05, 0) is 49.6 Å². The van der Waals surface area contributed by atoms with E-state index in [2.05, 4.69) is 36.8 Å². The number of nitrogens with zero attached hydrogens (tertiary/aromatic N) is 1. The molecule has 0 atom stereocenters. The highest BCUT2D eigenvalue weighted by molar-refractivity contribution is 9.11. The van der Waals surface area contributed by atoms with Gasteiger partial charge in [0.2, 0.25) is 0 Å². The fourth-order valence-electron chi connectivity index (χ4n) is 1.88. The fourth-order valence-corrected chi connectivity index (χ4v) is 3.87. The number of carboxylic acid groups (broad SMARTS) is 1. The summed E-state index contributed by atoms with van der Waals surface area (Å²) in [6, 6.07) is 3.57. The number of ether oxygens (including phenoxy) is 2. The largest absolute Gasteiger partial charge is 0.486 e. The third kappa shape index (κ3) is 2.43. The van der Waals surface area contributed by atoms with Crippen molar-refractivity contribution >= 4 is 49.2 Å². The summed E-state index contributed by atoms with van der Waals surface area (Å²) in [5.41, 5.74) is 0.743. The van der Waals surface area contributed by atoms with Crippen LogP contribution in [-0.4, -0.2) is 29.3 Å². The number of carboxylic acids is 1. The summed E-state index contributed by atoms with van der Waals surface area (Å²) in [5.74, 6) is 0.176. The smallest absolute Gasteiger partial charge is 0.356 e. The molecule has 1 aliphatic rings. The predicted octanol–water partition coefficient (Wildman–Crippen LogP) is 3.80. The van der Waals surface area contributed by atoms with Gasteiger partial charge >= 0.3 is 5.97 Å². The molecule has 0 unspecified atom stereocenters. The van der Waals surface area contributed by atoms with Gasteiger partial charge in [-0.3, -0.25) is 0 Å². The van der Waals surface area contributed by atoms with Crippen LogP contribution in [0.5, 0.6) is 11.5 Å². The molecule has 1 aliphatic heterocycles. The topological polar surface area (TPSA) is 68.7 Å². The van der Waals surface area contributed by atoms with Gasteiger partial charge in [0.05, 0.1) is 9.35 Å². The maximum absolute atomic E-state index is 11.2. The third-order valence-corrected chi connectivity index (χ3v) is 4.81. The van der Waals surface area contributed by atoms with Crippen molar-refractivity contribution in [3.05, 3.63) is 26.2 Å². The molecule has 104 valence electrons. The van der Waals surface area contributed by atoms with Crippen LogP contribution in [0.15, 0.2) is 20.5 Å². The maximum atomic E-state index is 11.2. The molecule has 0 bridgehead atoms. The lowest BCUT2D eigenvalue weighted by molar-refractivity contribution is 0.0692. The van der Waals surface area contributed by atoms with E-state index in [-0.39, 0.29) is 5.69 Å². The van der Waals surface area contributed by atoms with Gasteiger partial charge in [-0.15, -0.1) is 11.3 Å². The summed E-state index contributed by atoms with van der Waals surface area (Å²) in [5, 5.41) is 9.20. The summed E-state index contributed by atoms with van der Waals surface area (Å²) < 4.78 is 12.3. The van der Waals surface area contributed by atoms with E-state index in [1.165, 1.54) is 11.3 Å². The number of benzene rings is 1. The van der Waals surface area contributed by atoms with Crippen LogP contribution < -0.4 is 9.47 Å². The van der Waals surface area contributed by atoms with Gasteiger partial charge in [0.25, 0.3) is 0 Å². The highest BCUT2D eigenvalue weighted by Crippen LogP contribution is 2.43. The van der Waals surface area contributed by atoms with Crippen LogP contribution in [0.1, 0.15) is 10.5 Å². The van der Waals surface area contributed by atoms with Gasteiger partial charge in [-0.25, -0.2) is 9.78 Å². The first-order valence-corrected chi connectivity index (χ1v) is 7.95. The first kappa shape index (κ1) is 13.8. The van der Waals surface area contributed by atoms with Crippen LogP contribution in [0, 0.1) is 0 Å². The number of hydrogen-bond donors (Lipinski definition) is 1. The summed E-state index contributed by atoms with van der Waals surface area (Å²) >= 11 is 7.90. The zero-order valence-electron chi connectivity index (χ0n) is 9.85. The molecule has 0 spiro atoms. The molecule has 0 amide bonds. The summed E-state index contributed by atoms with van der Waals surface area (Å²) in [4.78, 5) is 15.8. The van der Waals surface area contributed by atoms with E-state index in [0.717, 1.165) is 10.0 Å². The van der Waals surface area contributed by atoms with E-state index in [4.69, 9.17) is 9.47 Å². The van der Waals surface area contributed by atoms with Crippen molar-refractivity contribution in [3.63, 3.8) is 0 Å². The van der Waals surface area contributed by atoms with Crippen LogP contribution in [0.4, 0.5) is 0 Å². The first-order valence-electron chi connectivity index (χ1n) is 5.55. The first-order chi connectivity index (χ1) is 9.56. The van der Waals surface area contributed by atoms with Gasteiger partial charge in [0.15, 0.2) is 21.1 Å². The van der Waals surface area contributed by atoms with Crippen LogP contribution in [-0.2, 0) is 0 Å². The molecular weight excluding hydrogens is 414 g/mol. The van der Waals surface area contributed by atoms with E-state index in [0.29, 0.717) is 33.5 Å². The highest BCUT2D eigenvalue weighted by atomic mass is 79.9. The molecule has 1 aromatic carbocycles. The number of rotatable bonds is 2. The molecule has 1 N–H and O–H groups in total. The quantitative estimate of drug-likeness (QED) is 0.799. The Morgan fingerprint density at radius 1 is 1.30 bits per heavy atom. The second kappa shape index (κ2) is 5.34. The lowest BCUT2D eigenvalue weighted by Crippen LogP contribution is -2.15. The van der Waals surface area contributed by atoms with Gasteiger partial charge in [0, 0.05) is 0 Å². The Morgan fingerprint density at radius 3 is 2.80 bits per heavy atom. The van der Waals surface area contributed by atoms with Crippen LogP contribution in [0.25, 0.3) is 10.4 Å². The van der Waals surface area contributed by atoms with Gasteiger partial charge in [0.1, 0.15) is 13.2 Å². The predicted molar refractivity (Wildman–Crippen MR) is 80.9 cm³/mol. The Labute approximate surface area is 134 Å². The molecule has 8 heteroatoms. The molecule has 0 fully saturated rings. The van der Waals surface area contributed by atoms with Crippen LogP contribution in [0.2, 0.25) is 0 Å². The van der Waals surface area contributed by atoms with Crippen LogP contribution >= 0.6 is 43.2 Å². The van der Waals surface area contributed by atoms with Gasteiger partial charge in [-0.1, -0.05) is 0 Å². The lowest BCUT2D eigenvalue weighted by Gasteiger charge is -2.20. The van der Waals surface area contributed by atoms with Gasteiger partial charge in [-0.2, -0.15) is 0 Å². The van der Waals surface area contributed by atoms with E-state index in [9.17, 15) is 9.90 Å². The standard InChI is InChI=1S/C12H7Br2NO4S/c13-6-3-5(4-7-9(6)19-2-1-18-7)10-8(11(16)17)15-12(14)20-10/h3-4H,1-2H2,(H,16,17). The minimum atomic E-state index is -1.06. The van der Waals surface area contributed by atoms with Gasteiger partial charge < -0.3 is 14.6 Å². The number of fused-ring (bicyclic) bond motifs is 1. The molecular formula is C12H7Br2NO4S. The lowest BCUT2D eigenvalue weighted by atomic mass is 10.1. The molecule has 0 aliphatic carbocycles. The zero-order chi connectivity index (χ0) is 14.3. The van der Waals surface area contributed by atoms with Crippen molar-refractivity contribution in [2.24, 2.45) is 0 Å². The number of aromatic carboxylic acids is 1. The Hall–Kier alpha value is -1.12. The second-order valence-corrected chi connectivity index (χ2v) is 7.06. The Kier molecular flexibility index (Phi) is 3.70. The third-order valence-electron chi connectivity index (χ3n) is 2.66. The van der Waals surface area contributed by atoms with Crippen molar-refractivity contribution in [1.82, 2.24) is 4.98 Å². The van der Waals surface area contributed by atoms with Crippen molar-refractivity contribution in [2.45, 2.75) is 0 Å². The average molecular weight is 421 g/mol. The Bertz CT molecular complexity index is 701. The van der Waals surface area contributed by atoms with Crippen molar-refractivity contribution in [3.8, 4) is 21.9 Å². The second-order valence-electron chi connectivity index (χ2n) is 3.93. The minimum absolute atomic E-state index is 0.0189. The maximum Gasteiger partial charge on any atom is 0.356 e. The molecule has 2 aromatic rings. The number of halogens is 2. The molecule has 0 saturated carbocycles. The molecule has 3 rings (SSSR count). The normalized spacial score (nSPS) is 13.3. The molecule has 20 heavy (non-hydrogen) atoms. The van der Waals surface area contributed by atoms with E-state index < -0.39 is 5.97 Å². The van der Waals surface area contributed by atoms with Crippen molar-refractivity contribution in [2.75, 3.05) is 13.2 Å². The highest BCUT2D eigenvalue weighted by Gasteiger charge is 2.22. The zero-order valence-corrected chi connectivity index (χ0v) is 13.8. The van der Waals surface area contributed by atoms with Crippen LogP contribution in [0.3, 0.4) is 0 Å². The molecule has 2 heterocycles. The number of hydrogen-bond acceptors (Lipinski definition) is 5. The fraction of sp³-hybridized carbons (Fsp3) is 0.167. The van der Waals surface area contributed by atoms with Crippen molar-refractivity contribution < 1.29 is 19.4 Å². The summed E-state index contributed by atoms with van der Waals surface area (Å²) in [7, 11) is 0. The number of aromatic nitrogens is 1. The Balaban J connectivity index is 2.16. The summed E-state index contributed by atoms with van der Waals surface area (Å²) in [6.45, 7) is 0.971. The number of thiazole rings is 1. The monoisotopic (exact) mass is 419 g/mol. The van der Waals surface area contributed by atoms with E-state index in [1.54, 1.807) is 12.1 Å². The SMILES string of the molecule is O=C(O)c1nc(Br)sc1-c1cc(Br)c2c(c1)OCCO2.